The Labute approximate surface area is 176 Å². The molecule has 0 saturated carbocycles. The van der Waals surface area contributed by atoms with E-state index in [1.807, 2.05) is 38.1 Å². The molecule has 0 radical (unpaired) electrons. The number of rotatable bonds is 8. The lowest BCUT2D eigenvalue weighted by molar-refractivity contribution is -0.119. The maximum absolute atomic E-state index is 12.2. The van der Waals surface area contributed by atoms with Gasteiger partial charge in [0.2, 0.25) is 0 Å². The van der Waals surface area contributed by atoms with E-state index in [1.165, 1.54) is 0 Å². The Balaban J connectivity index is 1.47. The van der Waals surface area contributed by atoms with E-state index in [0.717, 1.165) is 32.0 Å². The second kappa shape index (κ2) is 10.6. The molecule has 3 rings (SSSR count). The Morgan fingerprint density at radius 1 is 1.10 bits per heavy atom. The number of benzene rings is 2. The van der Waals surface area contributed by atoms with Gasteiger partial charge in [0.15, 0.2) is 6.61 Å². The highest BCUT2D eigenvalue weighted by atomic mass is 16.5. The highest BCUT2D eigenvalue weighted by Gasteiger charge is 2.13. The number of ether oxygens (including phenoxy) is 3. The maximum Gasteiger partial charge on any atom is 0.338 e. The number of nitrogens with one attached hydrogen (secondary N) is 1. The predicted molar refractivity (Wildman–Crippen MR) is 115 cm³/mol. The average Bonchev–Trinajstić information content (AvgIpc) is 2.77. The lowest BCUT2D eigenvalue weighted by atomic mass is 10.2. The van der Waals surface area contributed by atoms with Crippen molar-refractivity contribution in [1.29, 1.82) is 0 Å². The quantitative estimate of drug-likeness (QED) is 0.670. The Bertz CT molecular complexity index is 845. The van der Waals surface area contributed by atoms with Gasteiger partial charge in [-0.3, -0.25) is 4.79 Å². The van der Waals surface area contributed by atoms with Crippen LogP contribution in [-0.2, 0) is 14.3 Å². The molecule has 1 saturated heterocycles. The van der Waals surface area contributed by atoms with E-state index in [0.29, 0.717) is 29.5 Å². The van der Waals surface area contributed by atoms with Crippen molar-refractivity contribution in [2.45, 2.75) is 13.8 Å². The molecule has 0 unspecified atom stereocenters. The number of carbonyl (C=O) groups is 2. The van der Waals surface area contributed by atoms with Gasteiger partial charge in [0.05, 0.1) is 25.4 Å². The molecule has 2 aromatic rings. The van der Waals surface area contributed by atoms with Crippen LogP contribution in [0.4, 0.5) is 11.4 Å². The summed E-state index contributed by atoms with van der Waals surface area (Å²) in [6.45, 7) is 7.44. The first-order chi connectivity index (χ1) is 14.5. The zero-order valence-corrected chi connectivity index (χ0v) is 17.4. The summed E-state index contributed by atoms with van der Waals surface area (Å²) in [4.78, 5) is 26.6. The molecule has 0 atom stereocenters. The van der Waals surface area contributed by atoms with E-state index in [9.17, 15) is 9.59 Å². The fourth-order valence-electron chi connectivity index (χ4n) is 2.96. The molecule has 1 amide bonds. The van der Waals surface area contributed by atoms with Crippen molar-refractivity contribution in [3.8, 4) is 5.75 Å². The molecule has 1 fully saturated rings. The molecule has 160 valence electrons. The van der Waals surface area contributed by atoms with Crippen LogP contribution in [0.5, 0.6) is 5.75 Å². The second-order valence-corrected chi connectivity index (χ2v) is 7.50. The number of carbonyl (C=O) groups excluding carboxylic acids is 2. The molecule has 7 nitrogen and oxygen atoms in total. The van der Waals surface area contributed by atoms with Crippen molar-refractivity contribution in [2.24, 2.45) is 5.92 Å². The average molecular weight is 412 g/mol. The van der Waals surface area contributed by atoms with Gasteiger partial charge in [-0.05, 0) is 48.4 Å². The van der Waals surface area contributed by atoms with Crippen molar-refractivity contribution >= 4 is 23.3 Å². The van der Waals surface area contributed by atoms with Gasteiger partial charge < -0.3 is 24.4 Å². The summed E-state index contributed by atoms with van der Waals surface area (Å²) in [5.74, 6) is 0.0210. The number of nitrogens with zero attached hydrogens (tertiary/aromatic N) is 1. The van der Waals surface area contributed by atoms with Gasteiger partial charge in [-0.15, -0.1) is 0 Å². The van der Waals surface area contributed by atoms with E-state index in [-0.39, 0.29) is 6.61 Å². The Morgan fingerprint density at radius 3 is 2.53 bits per heavy atom. The first kappa shape index (κ1) is 21.6. The Kier molecular flexibility index (Phi) is 7.68. The van der Waals surface area contributed by atoms with Crippen molar-refractivity contribution in [2.75, 3.05) is 49.7 Å². The van der Waals surface area contributed by atoms with Crippen LogP contribution in [0, 0.1) is 5.92 Å². The van der Waals surface area contributed by atoms with Crippen LogP contribution in [0.3, 0.4) is 0 Å². The first-order valence-electron chi connectivity index (χ1n) is 10.1. The SMILES string of the molecule is CC(C)COc1cccc(C(=O)OCC(=O)Nc2ccc(N3CCOCC3)cc2)c1. The van der Waals surface area contributed by atoms with Gasteiger partial charge in [0, 0.05) is 24.5 Å². The number of amides is 1. The molecule has 0 bridgehead atoms. The van der Waals surface area contributed by atoms with Gasteiger partial charge in [-0.2, -0.15) is 0 Å². The van der Waals surface area contributed by atoms with Crippen LogP contribution in [0.1, 0.15) is 24.2 Å². The van der Waals surface area contributed by atoms with E-state index in [2.05, 4.69) is 10.2 Å². The number of hydrogen-bond acceptors (Lipinski definition) is 6. The normalized spacial score (nSPS) is 13.8. The van der Waals surface area contributed by atoms with Crippen molar-refractivity contribution in [1.82, 2.24) is 0 Å². The maximum atomic E-state index is 12.2. The lowest BCUT2D eigenvalue weighted by Crippen LogP contribution is -2.36. The highest BCUT2D eigenvalue weighted by molar-refractivity contribution is 5.95. The third-order valence-corrected chi connectivity index (χ3v) is 4.51. The minimum atomic E-state index is -0.567. The van der Waals surface area contributed by atoms with Crippen molar-refractivity contribution in [3.05, 3.63) is 54.1 Å². The molecule has 0 aliphatic carbocycles. The predicted octanol–water partition coefficient (Wildman–Crippen LogP) is 3.35. The summed E-state index contributed by atoms with van der Waals surface area (Å²) in [5.41, 5.74) is 2.08. The molecule has 1 aliphatic heterocycles. The van der Waals surface area contributed by atoms with Crippen LogP contribution < -0.4 is 15.0 Å². The molecule has 7 heteroatoms. The van der Waals surface area contributed by atoms with Gasteiger partial charge in [0.25, 0.3) is 5.91 Å². The van der Waals surface area contributed by atoms with Crippen molar-refractivity contribution < 1.29 is 23.8 Å². The second-order valence-electron chi connectivity index (χ2n) is 7.50. The molecule has 0 aromatic heterocycles. The molecule has 1 aliphatic rings. The molecule has 30 heavy (non-hydrogen) atoms. The monoisotopic (exact) mass is 412 g/mol. The zero-order chi connectivity index (χ0) is 21.3. The summed E-state index contributed by atoms with van der Waals surface area (Å²) in [6.07, 6.45) is 0. The van der Waals surface area contributed by atoms with Crippen LogP contribution >= 0.6 is 0 Å². The number of hydrogen-bond donors (Lipinski definition) is 1. The minimum Gasteiger partial charge on any atom is -0.493 e. The minimum absolute atomic E-state index is 0.346. The first-order valence-corrected chi connectivity index (χ1v) is 10.1. The number of morpholine rings is 1. The van der Waals surface area contributed by atoms with Crippen LogP contribution in [0.25, 0.3) is 0 Å². The summed E-state index contributed by atoms with van der Waals surface area (Å²) in [7, 11) is 0. The molecular formula is C23H28N2O5. The largest absolute Gasteiger partial charge is 0.493 e. The summed E-state index contributed by atoms with van der Waals surface area (Å²) >= 11 is 0. The summed E-state index contributed by atoms with van der Waals surface area (Å²) in [5, 5.41) is 2.74. The van der Waals surface area contributed by atoms with Crippen LogP contribution in [-0.4, -0.2) is 51.4 Å². The molecule has 2 aromatic carbocycles. The van der Waals surface area contributed by atoms with E-state index in [1.54, 1.807) is 24.3 Å². The fraction of sp³-hybridized carbons (Fsp3) is 0.391. The highest BCUT2D eigenvalue weighted by Crippen LogP contribution is 2.19. The van der Waals surface area contributed by atoms with Gasteiger partial charge in [0.1, 0.15) is 5.75 Å². The Morgan fingerprint density at radius 2 is 1.83 bits per heavy atom. The summed E-state index contributed by atoms with van der Waals surface area (Å²) in [6, 6.07) is 14.3. The molecule has 1 N–H and O–H groups in total. The Hall–Kier alpha value is -3.06. The van der Waals surface area contributed by atoms with E-state index in [4.69, 9.17) is 14.2 Å². The van der Waals surface area contributed by atoms with Gasteiger partial charge in [-0.1, -0.05) is 19.9 Å². The van der Waals surface area contributed by atoms with Gasteiger partial charge >= 0.3 is 5.97 Å². The topological polar surface area (TPSA) is 77.1 Å². The smallest absolute Gasteiger partial charge is 0.338 e. The van der Waals surface area contributed by atoms with E-state index < -0.39 is 11.9 Å². The molecule has 1 heterocycles. The number of esters is 1. The standard InChI is InChI=1S/C23H28N2O5/c1-17(2)15-29-21-5-3-4-18(14-21)23(27)30-16-22(26)24-19-6-8-20(9-7-19)25-10-12-28-13-11-25/h3-9,14,17H,10-13,15-16H2,1-2H3,(H,24,26). The molecule has 0 spiro atoms. The third-order valence-electron chi connectivity index (χ3n) is 4.51. The van der Waals surface area contributed by atoms with Crippen LogP contribution in [0.2, 0.25) is 0 Å². The van der Waals surface area contributed by atoms with E-state index >= 15 is 0 Å². The zero-order valence-electron chi connectivity index (χ0n) is 17.4. The number of anilines is 2. The molecular weight excluding hydrogens is 384 g/mol. The lowest BCUT2D eigenvalue weighted by Gasteiger charge is -2.28. The van der Waals surface area contributed by atoms with Crippen LogP contribution in [0.15, 0.2) is 48.5 Å². The fourth-order valence-corrected chi connectivity index (χ4v) is 2.96. The van der Waals surface area contributed by atoms with Crippen molar-refractivity contribution in [3.63, 3.8) is 0 Å². The third kappa shape index (κ3) is 6.49. The summed E-state index contributed by atoms with van der Waals surface area (Å²) < 4.78 is 16.1. The van der Waals surface area contributed by atoms with Gasteiger partial charge in [-0.25, -0.2) is 4.79 Å².